The number of hydrogen-bond donors (Lipinski definition) is 0. The van der Waals surface area contributed by atoms with E-state index in [1.807, 2.05) is 6.07 Å². The number of ether oxygens (including phenoxy) is 2. The second kappa shape index (κ2) is 7.98. The van der Waals surface area contributed by atoms with Crippen LogP contribution in [0.25, 0.3) is 11.0 Å². The Morgan fingerprint density at radius 2 is 2.00 bits per heavy atom. The molecule has 0 unspecified atom stereocenters. The Morgan fingerprint density at radius 1 is 1.20 bits per heavy atom. The van der Waals surface area contributed by atoms with Gasteiger partial charge in [0, 0.05) is 29.1 Å². The van der Waals surface area contributed by atoms with E-state index in [1.165, 1.54) is 18.2 Å². The molecule has 0 spiro atoms. The van der Waals surface area contributed by atoms with Crippen molar-refractivity contribution in [1.29, 1.82) is 0 Å². The zero-order valence-corrected chi connectivity index (χ0v) is 16.3. The number of aryl methyl sites for hydroxylation is 1. The first-order chi connectivity index (χ1) is 14.4. The molecule has 154 valence electrons. The first-order valence-electron chi connectivity index (χ1n) is 9.57. The average molecular weight is 409 g/mol. The van der Waals surface area contributed by atoms with Crippen LogP contribution in [0.4, 0.5) is 5.69 Å². The number of nitro benzene ring substituents is 1. The number of nitro groups is 1. The van der Waals surface area contributed by atoms with Crippen molar-refractivity contribution in [3.05, 3.63) is 79.7 Å². The first-order valence-corrected chi connectivity index (χ1v) is 9.57. The molecule has 0 saturated carbocycles. The Labute approximate surface area is 171 Å². The molecule has 3 aromatic rings. The second-order valence-corrected chi connectivity index (χ2v) is 7.13. The van der Waals surface area contributed by atoms with Crippen LogP contribution in [0.15, 0.2) is 51.7 Å². The molecule has 8 heteroatoms. The van der Waals surface area contributed by atoms with Gasteiger partial charge in [0.25, 0.3) is 5.69 Å². The summed E-state index contributed by atoms with van der Waals surface area (Å²) in [6, 6.07) is 11.1. The molecule has 8 nitrogen and oxygen atoms in total. The number of esters is 1. The maximum Gasteiger partial charge on any atom is 0.344 e. The highest BCUT2D eigenvalue weighted by Crippen LogP contribution is 2.29. The number of fused-ring (bicyclic) bond motifs is 3. The smallest absolute Gasteiger partial charge is 0.344 e. The number of benzene rings is 2. The van der Waals surface area contributed by atoms with Gasteiger partial charge in [0.2, 0.25) is 0 Å². The van der Waals surface area contributed by atoms with Crippen LogP contribution in [0.2, 0.25) is 0 Å². The van der Waals surface area contributed by atoms with E-state index >= 15 is 0 Å². The van der Waals surface area contributed by atoms with E-state index in [1.54, 1.807) is 25.1 Å². The number of non-ortho nitro benzene ring substituents is 1. The van der Waals surface area contributed by atoms with E-state index in [2.05, 4.69) is 0 Å². The second-order valence-electron chi connectivity index (χ2n) is 7.13. The molecule has 0 N–H and O–H groups in total. The molecule has 0 aliphatic heterocycles. The maximum absolute atomic E-state index is 12.1. The minimum Gasteiger partial charge on any atom is -0.482 e. The summed E-state index contributed by atoms with van der Waals surface area (Å²) in [5.41, 5.74) is 2.32. The lowest BCUT2D eigenvalue weighted by Crippen LogP contribution is -2.17. The SMILES string of the molecule is C[C@@H](OC(=O)COc1ccc2c3c(c(=O)oc2c1)CCC3)c1cccc([N+](=O)[O-])c1. The number of hydrogen-bond acceptors (Lipinski definition) is 7. The third-order valence-corrected chi connectivity index (χ3v) is 5.16. The molecule has 1 aliphatic carbocycles. The zero-order chi connectivity index (χ0) is 21.3. The van der Waals surface area contributed by atoms with E-state index in [0.717, 1.165) is 35.8 Å². The Kier molecular flexibility index (Phi) is 5.22. The molecule has 30 heavy (non-hydrogen) atoms. The third kappa shape index (κ3) is 3.89. The largest absolute Gasteiger partial charge is 0.482 e. The molecule has 1 aliphatic rings. The number of rotatable bonds is 6. The van der Waals surface area contributed by atoms with Crippen LogP contribution in [-0.2, 0) is 22.4 Å². The molecular formula is C22H19NO7. The van der Waals surface area contributed by atoms with Gasteiger partial charge < -0.3 is 13.9 Å². The molecule has 0 amide bonds. The summed E-state index contributed by atoms with van der Waals surface area (Å²) in [6.07, 6.45) is 1.85. The van der Waals surface area contributed by atoms with Gasteiger partial charge in [0.05, 0.1) is 4.92 Å². The van der Waals surface area contributed by atoms with E-state index in [-0.39, 0.29) is 17.9 Å². The van der Waals surface area contributed by atoms with Gasteiger partial charge in [0.15, 0.2) is 6.61 Å². The van der Waals surface area contributed by atoms with Crippen LogP contribution in [0, 0.1) is 10.1 Å². The summed E-state index contributed by atoms with van der Waals surface area (Å²) in [4.78, 5) is 34.6. The van der Waals surface area contributed by atoms with E-state index in [4.69, 9.17) is 13.9 Å². The van der Waals surface area contributed by atoms with Crippen LogP contribution in [0.5, 0.6) is 5.75 Å². The molecule has 1 atom stereocenters. The van der Waals surface area contributed by atoms with Crippen molar-refractivity contribution < 1.29 is 23.6 Å². The van der Waals surface area contributed by atoms with E-state index in [0.29, 0.717) is 16.9 Å². The van der Waals surface area contributed by atoms with Crippen molar-refractivity contribution in [2.75, 3.05) is 6.61 Å². The van der Waals surface area contributed by atoms with Gasteiger partial charge in [-0.3, -0.25) is 10.1 Å². The highest BCUT2D eigenvalue weighted by atomic mass is 16.6. The lowest BCUT2D eigenvalue weighted by Gasteiger charge is -2.14. The topological polar surface area (TPSA) is 109 Å². The van der Waals surface area contributed by atoms with E-state index < -0.39 is 17.0 Å². The van der Waals surface area contributed by atoms with Crippen molar-refractivity contribution in [2.24, 2.45) is 0 Å². The van der Waals surface area contributed by atoms with Gasteiger partial charge in [0.1, 0.15) is 17.4 Å². The fraction of sp³-hybridized carbons (Fsp3) is 0.273. The van der Waals surface area contributed by atoms with E-state index in [9.17, 15) is 19.7 Å². The Hall–Kier alpha value is -3.68. The van der Waals surface area contributed by atoms with Crippen LogP contribution in [0.1, 0.15) is 36.1 Å². The molecule has 0 fully saturated rings. The quantitative estimate of drug-likeness (QED) is 0.263. The standard InChI is InChI=1S/C22H19NO7/c1-13(14-4-2-5-15(10-14)23(26)27)29-21(24)12-28-16-8-9-18-17-6-3-7-19(17)22(25)30-20(18)11-16/h2,4-5,8-11,13H,3,6-7,12H2,1H3/t13-/m1/s1. The van der Waals surface area contributed by atoms with Crippen LogP contribution >= 0.6 is 0 Å². The summed E-state index contributed by atoms with van der Waals surface area (Å²) in [6.45, 7) is 1.28. The van der Waals surface area contributed by atoms with Crippen molar-refractivity contribution in [3.8, 4) is 5.75 Å². The summed E-state index contributed by atoms with van der Waals surface area (Å²) in [5.74, 6) is -0.243. The monoisotopic (exact) mass is 409 g/mol. The highest BCUT2D eigenvalue weighted by molar-refractivity contribution is 5.83. The van der Waals surface area contributed by atoms with Gasteiger partial charge in [-0.15, -0.1) is 0 Å². The van der Waals surface area contributed by atoms with Crippen LogP contribution in [-0.4, -0.2) is 17.5 Å². The zero-order valence-electron chi connectivity index (χ0n) is 16.3. The molecular weight excluding hydrogens is 390 g/mol. The van der Waals surface area contributed by atoms with Gasteiger partial charge in [-0.1, -0.05) is 12.1 Å². The Balaban J connectivity index is 1.42. The Bertz CT molecular complexity index is 1200. The predicted octanol–water partition coefficient (Wildman–Crippen LogP) is 3.87. The summed E-state index contributed by atoms with van der Waals surface area (Å²) >= 11 is 0. The molecule has 0 radical (unpaired) electrons. The van der Waals surface area contributed by atoms with Crippen molar-refractivity contribution in [2.45, 2.75) is 32.3 Å². The molecule has 2 aromatic carbocycles. The fourth-order valence-corrected chi connectivity index (χ4v) is 3.69. The minimum absolute atomic E-state index is 0.0733. The van der Waals surface area contributed by atoms with Crippen LogP contribution < -0.4 is 10.4 Å². The number of carbonyl (C=O) groups is 1. The van der Waals surface area contributed by atoms with Crippen molar-refractivity contribution in [1.82, 2.24) is 0 Å². The average Bonchev–Trinajstić information content (AvgIpc) is 3.23. The van der Waals surface area contributed by atoms with Gasteiger partial charge in [-0.05, 0) is 49.4 Å². The van der Waals surface area contributed by atoms with Gasteiger partial charge in [-0.25, -0.2) is 9.59 Å². The third-order valence-electron chi connectivity index (χ3n) is 5.16. The molecule has 4 rings (SSSR count). The lowest BCUT2D eigenvalue weighted by atomic mass is 10.1. The van der Waals surface area contributed by atoms with Crippen molar-refractivity contribution in [3.63, 3.8) is 0 Å². The minimum atomic E-state index is -0.668. The molecule has 1 aromatic heterocycles. The predicted molar refractivity (Wildman–Crippen MR) is 108 cm³/mol. The number of carbonyl (C=O) groups excluding carboxylic acids is 1. The normalized spacial score (nSPS) is 13.6. The number of nitrogens with zero attached hydrogens (tertiary/aromatic N) is 1. The highest BCUT2D eigenvalue weighted by Gasteiger charge is 2.20. The maximum atomic E-state index is 12.1. The summed E-state index contributed by atoms with van der Waals surface area (Å²) < 4.78 is 16.2. The fourth-order valence-electron chi connectivity index (χ4n) is 3.69. The van der Waals surface area contributed by atoms with Crippen LogP contribution in [0.3, 0.4) is 0 Å². The van der Waals surface area contributed by atoms with Crippen molar-refractivity contribution >= 4 is 22.6 Å². The molecule has 0 bridgehead atoms. The molecule has 0 saturated heterocycles. The Morgan fingerprint density at radius 3 is 2.80 bits per heavy atom. The van der Waals surface area contributed by atoms with Gasteiger partial charge in [-0.2, -0.15) is 0 Å². The molecule has 1 heterocycles. The van der Waals surface area contributed by atoms with Gasteiger partial charge >= 0.3 is 11.6 Å². The summed E-state index contributed by atoms with van der Waals surface area (Å²) in [5, 5.41) is 11.8. The lowest BCUT2D eigenvalue weighted by molar-refractivity contribution is -0.385. The summed E-state index contributed by atoms with van der Waals surface area (Å²) in [7, 11) is 0. The first kappa shape index (κ1) is 19.6.